The summed E-state index contributed by atoms with van der Waals surface area (Å²) in [6.45, 7) is 5.90. The second-order valence-electron chi connectivity index (χ2n) is 7.65. The van der Waals surface area contributed by atoms with Gasteiger partial charge in [-0.3, -0.25) is 9.59 Å². The molecule has 0 saturated carbocycles. The van der Waals surface area contributed by atoms with Crippen LogP contribution in [0.3, 0.4) is 0 Å². The zero-order valence-electron chi connectivity index (χ0n) is 19.6. The number of hydrogen-bond donors (Lipinski definition) is 1. The molecule has 0 aliphatic carbocycles. The molecule has 7 nitrogen and oxygen atoms in total. The van der Waals surface area contributed by atoms with Crippen LogP contribution in [0.15, 0.2) is 48.5 Å². The third-order valence-corrected chi connectivity index (χ3v) is 5.34. The maximum atomic E-state index is 13.1. The summed E-state index contributed by atoms with van der Waals surface area (Å²) in [7, 11) is 3.10. The minimum atomic E-state index is -0.622. The van der Waals surface area contributed by atoms with Gasteiger partial charge in [0.15, 0.2) is 6.61 Å². The Morgan fingerprint density at radius 1 is 0.969 bits per heavy atom. The summed E-state index contributed by atoms with van der Waals surface area (Å²) in [6.07, 6.45) is 1.46. The first-order valence-corrected chi connectivity index (χ1v) is 10.9. The first kappa shape index (κ1) is 25.0. The predicted molar refractivity (Wildman–Crippen MR) is 124 cm³/mol. The highest BCUT2D eigenvalue weighted by atomic mass is 16.5. The van der Waals surface area contributed by atoms with E-state index in [4.69, 9.17) is 14.2 Å². The van der Waals surface area contributed by atoms with E-state index in [1.54, 1.807) is 44.2 Å². The van der Waals surface area contributed by atoms with Gasteiger partial charge in [-0.25, -0.2) is 0 Å². The van der Waals surface area contributed by atoms with Gasteiger partial charge in [0.05, 0.1) is 14.2 Å². The summed E-state index contributed by atoms with van der Waals surface area (Å²) in [6, 6.07) is 14.4. The Morgan fingerprint density at radius 3 is 2.12 bits per heavy atom. The van der Waals surface area contributed by atoms with Crippen LogP contribution in [0.1, 0.15) is 32.8 Å². The number of amides is 2. The topological polar surface area (TPSA) is 77.1 Å². The predicted octanol–water partition coefficient (Wildman–Crippen LogP) is 3.46. The number of hydrogen-bond acceptors (Lipinski definition) is 5. The number of benzene rings is 2. The molecule has 1 N–H and O–H groups in total. The third kappa shape index (κ3) is 7.48. The number of methoxy groups -OCH3 is 2. The molecule has 0 saturated heterocycles. The van der Waals surface area contributed by atoms with Crippen molar-refractivity contribution in [3.63, 3.8) is 0 Å². The normalized spacial score (nSPS) is 12.4. The molecule has 0 aliphatic heterocycles. The van der Waals surface area contributed by atoms with E-state index in [0.29, 0.717) is 30.2 Å². The lowest BCUT2D eigenvalue weighted by Crippen LogP contribution is -2.51. The quantitative estimate of drug-likeness (QED) is 0.545. The van der Waals surface area contributed by atoms with Crippen LogP contribution < -0.4 is 19.5 Å². The highest BCUT2D eigenvalue weighted by molar-refractivity contribution is 5.88. The Labute approximate surface area is 190 Å². The Hall–Kier alpha value is -3.22. The van der Waals surface area contributed by atoms with Crippen LogP contribution in [-0.4, -0.2) is 56.2 Å². The van der Waals surface area contributed by atoms with Gasteiger partial charge in [-0.15, -0.1) is 0 Å². The van der Waals surface area contributed by atoms with Crippen molar-refractivity contribution in [1.82, 2.24) is 10.2 Å². The molecule has 0 unspecified atom stereocenters. The zero-order chi connectivity index (χ0) is 23.5. The van der Waals surface area contributed by atoms with Crippen molar-refractivity contribution in [1.29, 1.82) is 0 Å². The van der Waals surface area contributed by atoms with Gasteiger partial charge in [0.1, 0.15) is 23.3 Å². The van der Waals surface area contributed by atoms with Crippen LogP contribution in [0.25, 0.3) is 0 Å². The second-order valence-corrected chi connectivity index (χ2v) is 7.65. The first-order valence-electron chi connectivity index (χ1n) is 10.9. The fraction of sp³-hybridized carbons (Fsp3) is 0.440. The maximum absolute atomic E-state index is 13.1. The fourth-order valence-corrected chi connectivity index (χ4v) is 3.13. The Bertz CT molecular complexity index is 850. The first-order chi connectivity index (χ1) is 15.4. The molecule has 2 rings (SSSR count). The molecule has 2 aromatic rings. The summed E-state index contributed by atoms with van der Waals surface area (Å²) in [5.41, 5.74) is 1.10. The average Bonchev–Trinajstić information content (AvgIpc) is 2.82. The van der Waals surface area contributed by atoms with Gasteiger partial charge >= 0.3 is 0 Å². The van der Waals surface area contributed by atoms with Crippen LogP contribution in [0.4, 0.5) is 0 Å². The van der Waals surface area contributed by atoms with Gasteiger partial charge in [0.25, 0.3) is 5.91 Å². The van der Waals surface area contributed by atoms with Crippen LogP contribution in [0, 0.1) is 0 Å². The summed E-state index contributed by atoms with van der Waals surface area (Å²) in [5.74, 6) is 1.13. The lowest BCUT2D eigenvalue weighted by atomic mass is 10.1. The molecular formula is C25H34N2O5. The summed E-state index contributed by atoms with van der Waals surface area (Å²) in [5, 5.41) is 2.96. The lowest BCUT2D eigenvalue weighted by molar-refractivity contribution is -0.141. The number of carbonyl (C=O) groups is 2. The standard InChI is InChI=1S/C25H34N2O5/c1-6-18(2)26-25(29)19(3)27(13-12-20-10-8-7-9-11-20)24(28)17-32-23-15-21(30-4)14-22(16-23)31-5/h7-11,14-16,18-19H,6,12-13,17H2,1-5H3,(H,26,29)/t18-,19+/m1/s1. The van der Waals surface area contributed by atoms with Crippen molar-refractivity contribution in [3.05, 3.63) is 54.1 Å². The van der Waals surface area contributed by atoms with E-state index in [1.807, 2.05) is 44.2 Å². The monoisotopic (exact) mass is 442 g/mol. The molecule has 0 spiro atoms. The van der Waals surface area contributed by atoms with Crippen LogP contribution >= 0.6 is 0 Å². The SMILES string of the molecule is CC[C@@H](C)NC(=O)[C@H](C)N(CCc1ccccc1)C(=O)COc1cc(OC)cc(OC)c1. The Kier molecular flexibility index (Phi) is 9.85. The minimum absolute atomic E-state index is 0.0384. The molecule has 0 fully saturated rings. The van der Waals surface area contributed by atoms with E-state index in [1.165, 1.54) is 0 Å². The van der Waals surface area contributed by atoms with Crippen LogP contribution in [-0.2, 0) is 16.0 Å². The molecule has 2 amide bonds. The Morgan fingerprint density at radius 2 is 1.56 bits per heavy atom. The van der Waals surface area contributed by atoms with E-state index in [2.05, 4.69) is 5.32 Å². The smallest absolute Gasteiger partial charge is 0.261 e. The van der Waals surface area contributed by atoms with Crippen LogP contribution in [0.5, 0.6) is 17.2 Å². The van der Waals surface area contributed by atoms with Crippen LogP contribution in [0.2, 0.25) is 0 Å². The molecule has 174 valence electrons. The number of rotatable bonds is 12. The van der Waals surface area contributed by atoms with Gasteiger partial charge in [0.2, 0.25) is 5.91 Å². The summed E-state index contributed by atoms with van der Waals surface area (Å²) >= 11 is 0. The van der Waals surface area contributed by atoms with Crippen molar-refractivity contribution >= 4 is 11.8 Å². The second kappa shape index (κ2) is 12.6. The van der Waals surface area contributed by atoms with E-state index in [9.17, 15) is 9.59 Å². The molecule has 0 aliphatic rings. The zero-order valence-corrected chi connectivity index (χ0v) is 19.6. The van der Waals surface area contributed by atoms with Crippen molar-refractivity contribution in [2.75, 3.05) is 27.4 Å². The Balaban J connectivity index is 2.12. The van der Waals surface area contributed by atoms with Crippen molar-refractivity contribution in [2.45, 2.75) is 45.7 Å². The van der Waals surface area contributed by atoms with E-state index in [-0.39, 0.29) is 24.5 Å². The largest absolute Gasteiger partial charge is 0.496 e. The number of ether oxygens (including phenoxy) is 3. The molecule has 2 aromatic carbocycles. The molecule has 0 aromatic heterocycles. The van der Waals surface area contributed by atoms with Crippen molar-refractivity contribution < 1.29 is 23.8 Å². The lowest BCUT2D eigenvalue weighted by Gasteiger charge is -2.29. The molecule has 7 heteroatoms. The van der Waals surface area contributed by atoms with Gasteiger partial charge < -0.3 is 24.4 Å². The summed E-state index contributed by atoms with van der Waals surface area (Å²) in [4.78, 5) is 27.4. The number of carbonyl (C=O) groups excluding carboxylic acids is 2. The highest BCUT2D eigenvalue weighted by Gasteiger charge is 2.26. The van der Waals surface area contributed by atoms with E-state index < -0.39 is 6.04 Å². The fourth-order valence-electron chi connectivity index (χ4n) is 3.13. The van der Waals surface area contributed by atoms with E-state index >= 15 is 0 Å². The van der Waals surface area contributed by atoms with Gasteiger partial charge in [-0.2, -0.15) is 0 Å². The minimum Gasteiger partial charge on any atom is -0.496 e. The van der Waals surface area contributed by atoms with Gasteiger partial charge in [-0.05, 0) is 32.3 Å². The van der Waals surface area contributed by atoms with Crippen molar-refractivity contribution in [3.8, 4) is 17.2 Å². The number of nitrogens with one attached hydrogen (secondary N) is 1. The van der Waals surface area contributed by atoms with Crippen molar-refractivity contribution in [2.24, 2.45) is 0 Å². The maximum Gasteiger partial charge on any atom is 0.261 e. The average molecular weight is 443 g/mol. The molecule has 2 atom stereocenters. The molecular weight excluding hydrogens is 408 g/mol. The highest BCUT2D eigenvalue weighted by Crippen LogP contribution is 2.27. The summed E-state index contributed by atoms with van der Waals surface area (Å²) < 4.78 is 16.2. The van der Waals surface area contributed by atoms with Gasteiger partial charge in [0, 0.05) is 30.8 Å². The molecule has 0 radical (unpaired) electrons. The number of nitrogens with zero attached hydrogens (tertiary/aromatic N) is 1. The third-order valence-electron chi connectivity index (χ3n) is 5.34. The molecule has 0 heterocycles. The molecule has 0 bridgehead atoms. The molecule has 32 heavy (non-hydrogen) atoms. The van der Waals surface area contributed by atoms with Gasteiger partial charge in [-0.1, -0.05) is 37.3 Å². The van der Waals surface area contributed by atoms with E-state index in [0.717, 1.165) is 12.0 Å².